The van der Waals surface area contributed by atoms with Crippen molar-refractivity contribution in [1.82, 2.24) is 14.8 Å². The molecule has 0 aliphatic carbocycles. The molecule has 0 spiro atoms. The summed E-state index contributed by atoms with van der Waals surface area (Å²) in [6, 6.07) is 21.1. The molecule has 0 saturated carbocycles. The summed E-state index contributed by atoms with van der Waals surface area (Å²) in [6.07, 6.45) is 3.10. The van der Waals surface area contributed by atoms with Crippen LogP contribution in [0.4, 0.5) is 8.78 Å². The maximum absolute atomic E-state index is 14.1. The molecule has 1 aliphatic rings. The molecule has 3 aromatic carbocycles. The average Bonchev–Trinajstić information content (AvgIpc) is 3.18. The number of nitrogens with zero attached hydrogens (tertiary/aromatic N) is 2. The Bertz CT molecular complexity index is 1420. The van der Waals surface area contributed by atoms with E-state index in [1.807, 2.05) is 41.9 Å². The monoisotopic (exact) mass is 537 g/mol. The van der Waals surface area contributed by atoms with Crippen molar-refractivity contribution in [2.75, 3.05) is 26.2 Å². The highest BCUT2D eigenvalue weighted by Gasteiger charge is 2.21. The number of morpholine rings is 1. The first-order valence-electron chi connectivity index (χ1n) is 12.4. The van der Waals surface area contributed by atoms with Crippen molar-refractivity contribution < 1.29 is 18.3 Å². The van der Waals surface area contributed by atoms with Gasteiger partial charge in [0.1, 0.15) is 11.6 Å². The Morgan fingerprint density at radius 3 is 2.55 bits per heavy atom. The minimum atomic E-state index is -0.323. The van der Waals surface area contributed by atoms with Gasteiger partial charge in [-0.1, -0.05) is 42.5 Å². The molecule has 1 aromatic heterocycles. The van der Waals surface area contributed by atoms with Crippen LogP contribution in [0.3, 0.4) is 0 Å². The predicted octanol–water partition coefficient (Wildman–Crippen LogP) is 5.58. The molecule has 0 radical (unpaired) electrons. The van der Waals surface area contributed by atoms with Crippen LogP contribution < -0.4 is 5.32 Å². The van der Waals surface area contributed by atoms with Crippen LogP contribution in [0.2, 0.25) is 0 Å². The Balaban J connectivity index is 0.00000336. The molecule has 2 heterocycles. The third-order valence-corrected chi connectivity index (χ3v) is 6.70. The summed E-state index contributed by atoms with van der Waals surface area (Å²) in [6.45, 7) is 3.09. The standard InChI is InChI=1S/C30H29F2N3O2.ClH/c1-34-28-13-11-24(32)17-27(28)26(30(34)22-5-3-2-4-6-22)12-14-29(36)33-18-25-20-35(15-16-37-25)19-21-7-9-23(31)10-8-21;/h2-14,17,25H,15-16,18-20H2,1H3,(H,33,36);1H/b14-12+;. The van der Waals surface area contributed by atoms with Crippen LogP contribution in [0.25, 0.3) is 28.2 Å². The van der Waals surface area contributed by atoms with Crippen LogP contribution in [-0.4, -0.2) is 47.7 Å². The lowest BCUT2D eigenvalue weighted by molar-refractivity contribution is -0.117. The van der Waals surface area contributed by atoms with Crippen molar-refractivity contribution in [2.45, 2.75) is 12.6 Å². The number of nitrogens with one attached hydrogen (secondary N) is 1. The van der Waals surface area contributed by atoms with Crippen molar-refractivity contribution in [3.05, 3.63) is 102 Å². The highest BCUT2D eigenvalue weighted by Crippen LogP contribution is 2.34. The van der Waals surface area contributed by atoms with E-state index in [4.69, 9.17) is 4.74 Å². The Kier molecular flexibility index (Phi) is 8.94. The van der Waals surface area contributed by atoms with Crippen LogP contribution in [0.5, 0.6) is 0 Å². The summed E-state index contributed by atoms with van der Waals surface area (Å²) < 4.78 is 35.2. The number of fused-ring (bicyclic) bond motifs is 1. The van der Waals surface area contributed by atoms with Gasteiger partial charge in [0, 0.05) is 55.8 Å². The number of amides is 1. The third kappa shape index (κ3) is 6.30. The quantitative estimate of drug-likeness (QED) is 0.313. The molecule has 0 bridgehead atoms. The molecule has 8 heteroatoms. The molecule has 1 aliphatic heterocycles. The summed E-state index contributed by atoms with van der Waals surface area (Å²) >= 11 is 0. The van der Waals surface area contributed by atoms with Crippen molar-refractivity contribution >= 4 is 35.3 Å². The van der Waals surface area contributed by atoms with Gasteiger partial charge in [-0.25, -0.2) is 8.78 Å². The van der Waals surface area contributed by atoms with Gasteiger partial charge in [0.15, 0.2) is 0 Å². The first-order chi connectivity index (χ1) is 18.0. The zero-order valence-electron chi connectivity index (χ0n) is 21.1. The van der Waals surface area contributed by atoms with E-state index in [1.54, 1.807) is 24.3 Å². The molecule has 1 saturated heterocycles. The van der Waals surface area contributed by atoms with Crippen molar-refractivity contribution in [2.24, 2.45) is 7.05 Å². The number of aromatic nitrogens is 1. The molecule has 38 heavy (non-hydrogen) atoms. The first-order valence-corrected chi connectivity index (χ1v) is 12.4. The molecular weight excluding hydrogens is 508 g/mol. The van der Waals surface area contributed by atoms with Gasteiger partial charge >= 0.3 is 0 Å². The van der Waals surface area contributed by atoms with Crippen LogP contribution in [0, 0.1) is 11.6 Å². The average molecular weight is 538 g/mol. The van der Waals surface area contributed by atoms with Crippen LogP contribution in [0.1, 0.15) is 11.1 Å². The van der Waals surface area contributed by atoms with Crippen molar-refractivity contribution in [3.63, 3.8) is 0 Å². The molecule has 1 N–H and O–H groups in total. The number of carbonyl (C=O) groups is 1. The fourth-order valence-corrected chi connectivity index (χ4v) is 4.89. The minimum Gasteiger partial charge on any atom is -0.374 e. The van der Waals surface area contributed by atoms with Crippen LogP contribution >= 0.6 is 12.4 Å². The lowest BCUT2D eigenvalue weighted by Crippen LogP contribution is -2.46. The van der Waals surface area contributed by atoms with E-state index in [9.17, 15) is 13.6 Å². The summed E-state index contributed by atoms with van der Waals surface area (Å²) in [4.78, 5) is 15.0. The van der Waals surface area contributed by atoms with E-state index in [0.717, 1.165) is 39.8 Å². The number of hydrogen-bond acceptors (Lipinski definition) is 3. The zero-order valence-corrected chi connectivity index (χ0v) is 21.9. The number of benzene rings is 3. The van der Waals surface area contributed by atoms with Crippen LogP contribution in [-0.2, 0) is 23.1 Å². The van der Waals surface area contributed by atoms with Gasteiger partial charge in [-0.3, -0.25) is 9.69 Å². The number of carbonyl (C=O) groups excluding carboxylic acids is 1. The SMILES string of the molecule is Cl.Cn1c(-c2ccccc2)c(/C=C/C(=O)NCC2CN(Cc3ccc(F)cc3)CCO2)c2cc(F)ccc21. The molecular formula is C30H30ClF2N3O2. The fourth-order valence-electron chi connectivity index (χ4n) is 4.89. The Morgan fingerprint density at radius 1 is 1.05 bits per heavy atom. The summed E-state index contributed by atoms with van der Waals surface area (Å²) in [7, 11) is 1.94. The number of hydrogen-bond donors (Lipinski definition) is 1. The Labute approximate surface area is 227 Å². The highest BCUT2D eigenvalue weighted by atomic mass is 35.5. The van der Waals surface area contributed by atoms with E-state index in [1.165, 1.54) is 30.3 Å². The second-order valence-corrected chi connectivity index (χ2v) is 9.28. The number of halogens is 3. The molecule has 198 valence electrons. The Morgan fingerprint density at radius 2 is 1.79 bits per heavy atom. The molecule has 1 unspecified atom stereocenters. The minimum absolute atomic E-state index is 0. The summed E-state index contributed by atoms with van der Waals surface area (Å²) in [5, 5.41) is 3.68. The molecule has 1 fully saturated rings. The number of aryl methyl sites for hydroxylation is 1. The molecule has 5 nitrogen and oxygen atoms in total. The van der Waals surface area contributed by atoms with Crippen LogP contribution in [0.15, 0.2) is 78.9 Å². The maximum atomic E-state index is 14.1. The van der Waals surface area contributed by atoms with Gasteiger partial charge in [-0.2, -0.15) is 0 Å². The second-order valence-electron chi connectivity index (χ2n) is 9.28. The van der Waals surface area contributed by atoms with E-state index in [-0.39, 0.29) is 36.1 Å². The molecule has 4 aromatic rings. The second kappa shape index (κ2) is 12.3. The largest absolute Gasteiger partial charge is 0.374 e. The van der Waals surface area contributed by atoms with Gasteiger partial charge in [-0.15, -0.1) is 12.4 Å². The molecule has 5 rings (SSSR count). The highest BCUT2D eigenvalue weighted by molar-refractivity contribution is 6.01. The van der Waals surface area contributed by atoms with Crippen molar-refractivity contribution in [1.29, 1.82) is 0 Å². The van der Waals surface area contributed by atoms with Gasteiger partial charge < -0.3 is 14.6 Å². The summed E-state index contributed by atoms with van der Waals surface area (Å²) in [5.74, 6) is -0.813. The van der Waals surface area contributed by atoms with E-state index >= 15 is 0 Å². The van der Waals surface area contributed by atoms with E-state index in [2.05, 4.69) is 10.2 Å². The normalized spacial score (nSPS) is 16.0. The van der Waals surface area contributed by atoms with Crippen molar-refractivity contribution in [3.8, 4) is 11.3 Å². The fraction of sp³-hybridized carbons (Fsp3) is 0.233. The van der Waals surface area contributed by atoms with Gasteiger partial charge in [0.05, 0.1) is 18.4 Å². The van der Waals surface area contributed by atoms with Gasteiger partial charge in [-0.05, 0) is 47.5 Å². The maximum Gasteiger partial charge on any atom is 0.244 e. The lowest BCUT2D eigenvalue weighted by atomic mass is 10.0. The molecule has 1 atom stereocenters. The zero-order chi connectivity index (χ0) is 25.8. The first kappa shape index (κ1) is 27.5. The predicted molar refractivity (Wildman–Crippen MR) is 149 cm³/mol. The smallest absolute Gasteiger partial charge is 0.244 e. The Hall–Kier alpha value is -3.52. The van der Waals surface area contributed by atoms with Gasteiger partial charge in [0.2, 0.25) is 5.91 Å². The lowest BCUT2D eigenvalue weighted by Gasteiger charge is -2.33. The topological polar surface area (TPSA) is 46.5 Å². The third-order valence-electron chi connectivity index (χ3n) is 6.70. The number of ether oxygens (including phenoxy) is 1. The molecule has 1 amide bonds. The van der Waals surface area contributed by atoms with Gasteiger partial charge in [0.25, 0.3) is 0 Å². The van der Waals surface area contributed by atoms with E-state index in [0.29, 0.717) is 26.2 Å². The van der Waals surface area contributed by atoms with E-state index < -0.39 is 0 Å². The number of rotatable bonds is 7. The summed E-state index contributed by atoms with van der Waals surface area (Å²) in [5.41, 5.74) is 4.61.